The molecule has 1 aliphatic rings. The molecule has 1 N–H and O–H groups in total. The molecule has 0 heterocycles. The minimum atomic E-state index is 0.513. The van der Waals surface area contributed by atoms with Gasteiger partial charge in [-0.05, 0) is 43.2 Å². The summed E-state index contributed by atoms with van der Waals surface area (Å²) in [6, 6.07) is 11.6. The van der Waals surface area contributed by atoms with Crippen LogP contribution in [-0.4, -0.2) is 17.8 Å². The number of thioether (sulfide) groups is 1. The second-order valence-electron chi connectivity index (χ2n) is 6.80. The molecule has 2 atom stereocenters. The van der Waals surface area contributed by atoms with Crippen molar-refractivity contribution in [1.82, 2.24) is 5.32 Å². The lowest BCUT2D eigenvalue weighted by atomic mass is 9.75. The Kier molecular flexibility index (Phi) is 5.98. The Morgan fingerprint density at radius 2 is 2.00 bits per heavy atom. The Morgan fingerprint density at radius 3 is 2.70 bits per heavy atom. The molecule has 0 spiro atoms. The third-order valence-electron chi connectivity index (χ3n) is 4.30. The Labute approximate surface area is 128 Å². The fraction of sp³-hybridized carbons (Fsp3) is 0.667. The number of hydrogen-bond donors (Lipinski definition) is 1. The molecule has 0 saturated heterocycles. The van der Waals surface area contributed by atoms with Crippen LogP contribution in [0.5, 0.6) is 0 Å². The van der Waals surface area contributed by atoms with E-state index in [9.17, 15) is 0 Å². The summed E-state index contributed by atoms with van der Waals surface area (Å²) in [6.07, 6.45) is 5.26. The maximum atomic E-state index is 3.77. The molecule has 112 valence electrons. The van der Waals surface area contributed by atoms with Gasteiger partial charge in [0.05, 0.1) is 0 Å². The molecule has 0 aliphatic heterocycles. The molecule has 2 rings (SSSR count). The summed E-state index contributed by atoms with van der Waals surface area (Å²) in [6.45, 7) is 8.28. The van der Waals surface area contributed by atoms with E-state index < -0.39 is 0 Å². The molecule has 1 fully saturated rings. The van der Waals surface area contributed by atoms with Crippen LogP contribution < -0.4 is 5.32 Å². The summed E-state index contributed by atoms with van der Waals surface area (Å²) >= 11 is 2.15. The first-order chi connectivity index (χ1) is 9.61. The van der Waals surface area contributed by atoms with E-state index in [1.54, 1.807) is 0 Å². The van der Waals surface area contributed by atoms with Gasteiger partial charge < -0.3 is 5.32 Å². The summed E-state index contributed by atoms with van der Waals surface area (Å²) in [5, 5.41) is 4.53. The summed E-state index contributed by atoms with van der Waals surface area (Å²) in [5.74, 6) is 1.14. The second kappa shape index (κ2) is 7.51. The molecule has 1 nitrogen and oxygen atoms in total. The maximum absolute atomic E-state index is 3.77. The molecule has 1 saturated carbocycles. The minimum Gasteiger partial charge on any atom is -0.313 e. The van der Waals surface area contributed by atoms with E-state index in [-0.39, 0.29) is 0 Å². The van der Waals surface area contributed by atoms with E-state index >= 15 is 0 Å². The molecule has 2 unspecified atom stereocenters. The third kappa shape index (κ3) is 4.82. The van der Waals surface area contributed by atoms with E-state index in [0.717, 1.165) is 17.5 Å². The van der Waals surface area contributed by atoms with Crippen LogP contribution in [0.15, 0.2) is 30.3 Å². The zero-order valence-electron chi connectivity index (χ0n) is 13.2. The molecule has 1 aromatic rings. The van der Waals surface area contributed by atoms with Crippen LogP contribution in [0.2, 0.25) is 0 Å². The highest BCUT2D eigenvalue weighted by atomic mass is 32.2. The number of nitrogens with one attached hydrogen (secondary N) is 1. The van der Waals surface area contributed by atoms with Gasteiger partial charge in [-0.3, -0.25) is 0 Å². The first-order valence-corrected chi connectivity index (χ1v) is 9.04. The van der Waals surface area contributed by atoms with Crippen molar-refractivity contribution in [1.29, 1.82) is 0 Å². The highest BCUT2D eigenvalue weighted by Crippen LogP contribution is 2.41. The molecule has 2 heteroatoms. The molecular formula is C18H29NS. The van der Waals surface area contributed by atoms with Gasteiger partial charge in [0.25, 0.3) is 0 Å². The largest absolute Gasteiger partial charge is 0.313 e. The predicted molar refractivity (Wildman–Crippen MR) is 91.2 cm³/mol. The first-order valence-electron chi connectivity index (χ1n) is 7.99. The Balaban J connectivity index is 1.92. The van der Waals surface area contributed by atoms with E-state index in [1.807, 2.05) is 0 Å². The lowest BCUT2D eigenvalue weighted by Gasteiger charge is -2.41. The second-order valence-corrected chi connectivity index (χ2v) is 8.03. The number of benzene rings is 1. The quantitative estimate of drug-likeness (QED) is 0.802. The lowest BCUT2D eigenvalue weighted by Crippen LogP contribution is -2.45. The Hall–Kier alpha value is -0.470. The van der Waals surface area contributed by atoms with Crippen molar-refractivity contribution in [2.24, 2.45) is 5.41 Å². The summed E-state index contributed by atoms with van der Waals surface area (Å²) in [4.78, 5) is 0. The predicted octanol–water partition coefficient (Wildman–Crippen LogP) is 4.87. The van der Waals surface area contributed by atoms with Crippen LogP contribution in [0.4, 0.5) is 0 Å². The van der Waals surface area contributed by atoms with Crippen LogP contribution >= 0.6 is 11.8 Å². The zero-order valence-corrected chi connectivity index (χ0v) is 14.0. The topological polar surface area (TPSA) is 12.0 Å². The van der Waals surface area contributed by atoms with Crippen molar-refractivity contribution in [2.45, 2.75) is 63.5 Å². The van der Waals surface area contributed by atoms with Gasteiger partial charge in [0.2, 0.25) is 0 Å². The highest BCUT2D eigenvalue weighted by molar-refractivity contribution is 7.99. The monoisotopic (exact) mass is 291 g/mol. The SMILES string of the molecule is CCCNC1CCC(C)(C)CC1SCc1ccccc1. The van der Waals surface area contributed by atoms with Gasteiger partial charge in [-0.25, -0.2) is 0 Å². The third-order valence-corrected chi connectivity index (χ3v) is 5.72. The van der Waals surface area contributed by atoms with Gasteiger partial charge in [0.15, 0.2) is 0 Å². The van der Waals surface area contributed by atoms with Crippen molar-refractivity contribution in [2.75, 3.05) is 6.54 Å². The van der Waals surface area contributed by atoms with Crippen LogP contribution in [0.1, 0.15) is 52.0 Å². The fourth-order valence-corrected chi connectivity index (χ4v) is 4.67. The molecule has 1 aromatic carbocycles. The van der Waals surface area contributed by atoms with Crippen molar-refractivity contribution in [3.63, 3.8) is 0 Å². The maximum Gasteiger partial charge on any atom is 0.0209 e. The summed E-state index contributed by atoms with van der Waals surface area (Å²) in [5.41, 5.74) is 1.97. The minimum absolute atomic E-state index is 0.513. The van der Waals surface area contributed by atoms with Gasteiger partial charge in [-0.1, -0.05) is 51.1 Å². The van der Waals surface area contributed by atoms with E-state index in [1.165, 1.54) is 31.2 Å². The fourth-order valence-electron chi connectivity index (χ4n) is 3.04. The van der Waals surface area contributed by atoms with Crippen molar-refractivity contribution >= 4 is 11.8 Å². The Morgan fingerprint density at radius 1 is 1.25 bits per heavy atom. The van der Waals surface area contributed by atoms with Crippen LogP contribution in [0, 0.1) is 5.41 Å². The van der Waals surface area contributed by atoms with Gasteiger partial charge in [-0.15, -0.1) is 0 Å². The first kappa shape index (κ1) is 15.9. The average Bonchev–Trinajstić information content (AvgIpc) is 2.44. The molecule has 0 amide bonds. The zero-order chi connectivity index (χ0) is 14.4. The van der Waals surface area contributed by atoms with Gasteiger partial charge in [0.1, 0.15) is 0 Å². The molecule has 0 bridgehead atoms. The Bertz CT molecular complexity index is 388. The summed E-state index contributed by atoms with van der Waals surface area (Å²) in [7, 11) is 0. The normalized spacial score (nSPS) is 25.6. The van der Waals surface area contributed by atoms with Crippen LogP contribution in [0.25, 0.3) is 0 Å². The van der Waals surface area contributed by atoms with Gasteiger partial charge >= 0.3 is 0 Å². The molecule has 0 aromatic heterocycles. The van der Waals surface area contributed by atoms with Crippen LogP contribution in [-0.2, 0) is 5.75 Å². The average molecular weight is 292 g/mol. The highest BCUT2D eigenvalue weighted by Gasteiger charge is 2.34. The number of rotatable bonds is 6. The van der Waals surface area contributed by atoms with Gasteiger partial charge in [0, 0.05) is 17.0 Å². The number of hydrogen-bond acceptors (Lipinski definition) is 2. The molecule has 0 radical (unpaired) electrons. The van der Waals surface area contributed by atoms with Crippen molar-refractivity contribution in [3.05, 3.63) is 35.9 Å². The molecular weight excluding hydrogens is 262 g/mol. The lowest BCUT2D eigenvalue weighted by molar-refractivity contribution is 0.214. The standard InChI is InChI=1S/C18H29NS/c1-4-12-19-16-10-11-18(2,3)13-17(16)20-14-15-8-6-5-7-9-15/h5-9,16-17,19H,4,10-14H2,1-3H3. The van der Waals surface area contributed by atoms with E-state index in [0.29, 0.717) is 11.5 Å². The van der Waals surface area contributed by atoms with Crippen molar-refractivity contribution < 1.29 is 0 Å². The smallest absolute Gasteiger partial charge is 0.0209 e. The van der Waals surface area contributed by atoms with Crippen LogP contribution in [0.3, 0.4) is 0 Å². The van der Waals surface area contributed by atoms with Gasteiger partial charge in [-0.2, -0.15) is 11.8 Å². The molecule has 1 aliphatic carbocycles. The van der Waals surface area contributed by atoms with Crippen molar-refractivity contribution in [3.8, 4) is 0 Å². The summed E-state index contributed by atoms with van der Waals surface area (Å²) < 4.78 is 0. The van der Waals surface area contributed by atoms with E-state index in [2.05, 4.69) is 68.2 Å². The van der Waals surface area contributed by atoms with E-state index in [4.69, 9.17) is 0 Å². The molecule has 20 heavy (non-hydrogen) atoms.